The Morgan fingerprint density at radius 2 is 1.90 bits per heavy atom. The molecular weight excluding hydrogens is 428 g/mol. The fraction of sp³-hybridized carbons (Fsp3) is 0.263. The van der Waals surface area contributed by atoms with Gasteiger partial charge < -0.3 is 19.5 Å². The number of thioether (sulfide) groups is 1. The summed E-state index contributed by atoms with van der Waals surface area (Å²) in [7, 11) is 0. The highest BCUT2D eigenvalue weighted by Crippen LogP contribution is 2.38. The van der Waals surface area contributed by atoms with Crippen LogP contribution in [0.25, 0.3) is 0 Å². The third-order valence-electron chi connectivity index (χ3n) is 3.73. The van der Waals surface area contributed by atoms with Gasteiger partial charge in [0.05, 0.1) is 11.4 Å². The van der Waals surface area contributed by atoms with Gasteiger partial charge in [0, 0.05) is 10.6 Å². The standard InChI is InChI=1S/C19H16ClF2NO5S/c20-14-7-11(8-15-18(14)27-6-5-26-15)9-17(25)28-10-16(24)23-12-1-3-13(4-2-12)29-19(21)22/h1-4,7-8,19H,5-6,9-10H2,(H,23,24). The average Bonchev–Trinajstić information content (AvgIpc) is 2.68. The van der Waals surface area contributed by atoms with E-state index in [2.05, 4.69) is 5.32 Å². The van der Waals surface area contributed by atoms with Crippen LogP contribution in [-0.4, -0.2) is 37.5 Å². The van der Waals surface area contributed by atoms with Crippen LogP contribution in [-0.2, 0) is 20.7 Å². The summed E-state index contributed by atoms with van der Waals surface area (Å²) >= 11 is 6.53. The molecule has 2 aromatic rings. The van der Waals surface area contributed by atoms with Crippen LogP contribution >= 0.6 is 23.4 Å². The summed E-state index contributed by atoms with van der Waals surface area (Å²) in [5.41, 5.74) is 0.972. The van der Waals surface area contributed by atoms with Crippen molar-refractivity contribution in [3.8, 4) is 11.5 Å². The first-order valence-corrected chi connectivity index (χ1v) is 9.75. The second-order valence-electron chi connectivity index (χ2n) is 5.89. The molecule has 1 heterocycles. The lowest BCUT2D eigenvalue weighted by molar-refractivity contribution is -0.146. The van der Waals surface area contributed by atoms with Crippen molar-refractivity contribution in [2.24, 2.45) is 0 Å². The molecule has 0 unspecified atom stereocenters. The van der Waals surface area contributed by atoms with Crippen molar-refractivity contribution in [3.05, 3.63) is 47.0 Å². The second kappa shape index (κ2) is 9.80. The van der Waals surface area contributed by atoms with Crippen molar-refractivity contribution in [3.63, 3.8) is 0 Å². The summed E-state index contributed by atoms with van der Waals surface area (Å²) in [4.78, 5) is 24.3. The van der Waals surface area contributed by atoms with Gasteiger partial charge in [0.1, 0.15) is 13.2 Å². The Morgan fingerprint density at radius 3 is 2.62 bits per heavy atom. The average molecular weight is 444 g/mol. The quantitative estimate of drug-likeness (QED) is 0.512. The van der Waals surface area contributed by atoms with Gasteiger partial charge in [-0.3, -0.25) is 9.59 Å². The zero-order valence-corrected chi connectivity index (χ0v) is 16.5. The van der Waals surface area contributed by atoms with Gasteiger partial charge in [-0.2, -0.15) is 8.78 Å². The van der Waals surface area contributed by atoms with E-state index in [4.69, 9.17) is 25.8 Å². The molecule has 1 aliphatic rings. The van der Waals surface area contributed by atoms with Gasteiger partial charge >= 0.3 is 5.97 Å². The van der Waals surface area contributed by atoms with Crippen LogP contribution in [0.4, 0.5) is 14.5 Å². The molecule has 0 aromatic heterocycles. The zero-order chi connectivity index (χ0) is 20.8. The van der Waals surface area contributed by atoms with Crippen LogP contribution in [0.15, 0.2) is 41.3 Å². The summed E-state index contributed by atoms with van der Waals surface area (Å²) in [6.45, 7) is 0.306. The number of alkyl halides is 2. The number of hydrogen-bond acceptors (Lipinski definition) is 6. The van der Waals surface area contributed by atoms with Gasteiger partial charge in [-0.05, 0) is 42.0 Å². The maximum atomic E-state index is 12.3. The van der Waals surface area contributed by atoms with Crippen LogP contribution < -0.4 is 14.8 Å². The van der Waals surface area contributed by atoms with Crippen LogP contribution in [0.3, 0.4) is 0 Å². The zero-order valence-electron chi connectivity index (χ0n) is 15.0. The molecule has 3 rings (SSSR count). The Balaban J connectivity index is 1.48. The highest BCUT2D eigenvalue weighted by molar-refractivity contribution is 7.99. The Labute approximate surface area is 174 Å². The molecule has 10 heteroatoms. The minimum atomic E-state index is -2.51. The van der Waals surface area contributed by atoms with E-state index in [0.717, 1.165) is 0 Å². The minimum Gasteiger partial charge on any atom is -0.486 e. The Hall–Kier alpha value is -2.52. The Bertz CT molecular complexity index is 895. The van der Waals surface area contributed by atoms with Crippen molar-refractivity contribution in [1.82, 2.24) is 0 Å². The third kappa shape index (κ3) is 6.23. The molecule has 0 saturated carbocycles. The van der Waals surface area contributed by atoms with E-state index >= 15 is 0 Å². The molecule has 29 heavy (non-hydrogen) atoms. The lowest BCUT2D eigenvalue weighted by atomic mass is 10.1. The highest BCUT2D eigenvalue weighted by atomic mass is 35.5. The number of rotatable bonds is 7. The molecule has 0 radical (unpaired) electrons. The maximum Gasteiger partial charge on any atom is 0.310 e. The van der Waals surface area contributed by atoms with Crippen LogP contribution in [0.2, 0.25) is 5.02 Å². The van der Waals surface area contributed by atoms with Crippen LogP contribution in [0.5, 0.6) is 11.5 Å². The third-order valence-corrected chi connectivity index (χ3v) is 4.74. The molecule has 0 spiro atoms. The summed E-state index contributed by atoms with van der Waals surface area (Å²) < 4.78 is 40.4. The number of amides is 1. The number of nitrogens with one attached hydrogen (secondary N) is 1. The van der Waals surface area contributed by atoms with Crippen LogP contribution in [0.1, 0.15) is 5.56 Å². The van der Waals surface area contributed by atoms with Gasteiger partial charge in [0.15, 0.2) is 18.1 Å². The van der Waals surface area contributed by atoms with Crippen LogP contribution in [0, 0.1) is 0 Å². The smallest absolute Gasteiger partial charge is 0.310 e. The number of carbonyl (C=O) groups is 2. The van der Waals surface area contributed by atoms with E-state index in [1.807, 2.05) is 0 Å². The van der Waals surface area contributed by atoms with Gasteiger partial charge in [-0.15, -0.1) is 0 Å². The maximum absolute atomic E-state index is 12.3. The topological polar surface area (TPSA) is 73.9 Å². The van der Waals surface area contributed by atoms with Crippen molar-refractivity contribution in [2.45, 2.75) is 17.1 Å². The summed E-state index contributed by atoms with van der Waals surface area (Å²) in [5, 5.41) is 2.85. The number of anilines is 1. The SMILES string of the molecule is O=C(COC(=O)Cc1cc(Cl)c2c(c1)OCCO2)Nc1ccc(SC(F)F)cc1. The first kappa shape index (κ1) is 21.2. The molecule has 0 aliphatic carbocycles. The van der Waals surface area contributed by atoms with E-state index in [1.165, 1.54) is 24.3 Å². The molecule has 0 atom stereocenters. The van der Waals surface area contributed by atoms with Gasteiger partial charge in [-0.1, -0.05) is 23.4 Å². The number of benzene rings is 2. The molecule has 0 saturated heterocycles. The minimum absolute atomic E-state index is 0.0941. The molecule has 6 nitrogen and oxygen atoms in total. The molecule has 0 bridgehead atoms. The highest BCUT2D eigenvalue weighted by Gasteiger charge is 2.18. The fourth-order valence-electron chi connectivity index (χ4n) is 2.55. The fourth-order valence-corrected chi connectivity index (χ4v) is 3.33. The number of carbonyl (C=O) groups excluding carboxylic acids is 2. The monoisotopic (exact) mass is 443 g/mol. The number of esters is 1. The number of halogens is 3. The molecule has 0 fully saturated rings. The molecule has 1 aliphatic heterocycles. The van der Waals surface area contributed by atoms with E-state index in [9.17, 15) is 18.4 Å². The molecule has 154 valence electrons. The molecule has 2 aromatic carbocycles. The number of hydrogen-bond donors (Lipinski definition) is 1. The first-order valence-electron chi connectivity index (χ1n) is 8.49. The van der Waals surface area contributed by atoms with E-state index in [0.29, 0.717) is 57.6 Å². The van der Waals surface area contributed by atoms with E-state index < -0.39 is 24.2 Å². The lowest BCUT2D eigenvalue weighted by Gasteiger charge is -2.20. The summed E-state index contributed by atoms with van der Waals surface area (Å²) in [5.74, 6) is -2.78. The van der Waals surface area contributed by atoms with Crippen molar-refractivity contribution in [2.75, 3.05) is 25.1 Å². The molecular formula is C19H16ClF2NO5S. The summed E-state index contributed by atoms with van der Waals surface area (Å²) in [6.07, 6.45) is -0.0941. The van der Waals surface area contributed by atoms with E-state index in [1.54, 1.807) is 12.1 Å². The Kier molecular flexibility index (Phi) is 7.16. The molecule has 1 N–H and O–H groups in total. The van der Waals surface area contributed by atoms with Crippen molar-refractivity contribution >= 4 is 40.9 Å². The normalized spacial score (nSPS) is 12.6. The van der Waals surface area contributed by atoms with Crippen molar-refractivity contribution < 1.29 is 32.6 Å². The second-order valence-corrected chi connectivity index (χ2v) is 7.36. The summed E-state index contributed by atoms with van der Waals surface area (Å²) in [6, 6.07) is 9.12. The van der Waals surface area contributed by atoms with Gasteiger partial charge in [-0.25, -0.2) is 0 Å². The predicted octanol–water partition coefficient (Wildman–Crippen LogP) is 4.15. The van der Waals surface area contributed by atoms with Gasteiger partial charge in [0.2, 0.25) is 0 Å². The van der Waals surface area contributed by atoms with Crippen molar-refractivity contribution in [1.29, 1.82) is 0 Å². The largest absolute Gasteiger partial charge is 0.486 e. The predicted molar refractivity (Wildman–Crippen MR) is 104 cm³/mol. The lowest BCUT2D eigenvalue weighted by Crippen LogP contribution is -2.21. The van der Waals surface area contributed by atoms with Gasteiger partial charge in [0.25, 0.3) is 11.7 Å². The Morgan fingerprint density at radius 1 is 1.17 bits per heavy atom. The number of fused-ring (bicyclic) bond motifs is 1. The van der Waals surface area contributed by atoms with E-state index in [-0.39, 0.29) is 6.42 Å². The number of ether oxygens (including phenoxy) is 3. The molecule has 1 amide bonds. The first-order chi connectivity index (χ1) is 13.9.